The van der Waals surface area contributed by atoms with Crippen LogP contribution in [0.2, 0.25) is 0 Å². The van der Waals surface area contributed by atoms with Gasteiger partial charge >= 0.3 is 0 Å². The molecule has 1 fully saturated rings. The zero-order valence-electron chi connectivity index (χ0n) is 21.9. The summed E-state index contributed by atoms with van der Waals surface area (Å²) in [6.07, 6.45) is 3.70. The van der Waals surface area contributed by atoms with Gasteiger partial charge in [0.25, 0.3) is 11.8 Å². The molecule has 0 radical (unpaired) electrons. The van der Waals surface area contributed by atoms with Crippen LogP contribution >= 0.6 is 34.4 Å². The maximum Gasteiger partial charge on any atom is 0.276 e. The number of carboxylic acid groups (broad SMARTS) is 1. The number of carboxylic acids is 1. The lowest BCUT2D eigenvalue weighted by Crippen LogP contribution is -2.71. The molecule has 3 atom stereocenters. The minimum atomic E-state index is -1.44. The number of amides is 2. The molecule has 15 heteroatoms. The van der Waals surface area contributed by atoms with Crippen LogP contribution in [0.4, 0.5) is 5.13 Å². The van der Waals surface area contributed by atoms with E-state index >= 15 is 0 Å². The lowest BCUT2D eigenvalue weighted by Gasteiger charge is -2.50. The second kappa shape index (κ2) is 11.9. The summed E-state index contributed by atoms with van der Waals surface area (Å²) in [5.41, 5.74) is 8.91. The van der Waals surface area contributed by atoms with E-state index in [0.717, 1.165) is 34.6 Å². The van der Waals surface area contributed by atoms with Crippen LogP contribution in [0.15, 0.2) is 39.5 Å². The molecule has 39 heavy (non-hydrogen) atoms. The first-order chi connectivity index (χ1) is 18.6. The maximum atomic E-state index is 13.0. The Hall–Kier alpha value is -3.27. The Morgan fingerprint density at radius 1 is 1.41 bits per heavy atom. The smallest absolute Gasteiger partial charge is 0.276 e. The summed E-state index contributed by atoms with van der Waals surface area (Å²) in [4.78, 5) is 53.6. The topological polar surface area (TPSA) is 163 Å². The quantitative estimate of drug-likeness (QED) is 0.164. The number of nitrogens with one attached hydrogen (secondary N) is 1. The van der Waals surface area contributed by atoms with Gasteiger partial charge in [-0.2, -0.15) is 0 Å². The number of rotatable bonds is 11. The van der Waals surface area contributed by atoms with E-state index in [4.69, 9.17) is 10.6 Å². The van der Waals surface area contributed by atoms with Crippen molar-refractivity contribution >= 4 is 63.1 Å². The number of nitrogens with zero attached hydrogens (tertiary/aromatic N) is 5. The van der Waals surface area contributed by atoms with E-state index in [0.29, 0.717) is 17.9 Å². The number of quaternary nitrogens is 1. The van der Waals surface area contributed by atoms with Gasteiger partial charge < -0.3 is 30.3 Å². The predicted octanol–water partition coefficient (Wildman–Crippen LogP) is 0.468. The third kappa shape index (κ3) is 6.00. The number of β-lactam (4-membered cyclic amide) rings is 1. The average Bonchev–Trinajstić information content (AvgIpc) is 3.52. The Balaban J connectivity index is 1.47. The van der Waals surface area contributed by atoms with E-state index in [1.54, 1.807) is 22.8 Å². The number of hydrogen-bond donors (Lipinski definition) is 2. The van der Waals surface area contributed by atoms with Gasteiger partial charge in [0.05, 0.1) is 47.9 Å². The van der Waals surface area contributed by atoms with E-state index in [1.165, 1.54) is 28.6 Å². The summed E-state index contributed by atoms with van der Waals surface area (Å²) in [5.74, 6) is -2.33. The van der Waals surface area contributed by atoms with Gasteiger partial charge in [0.2, 0.25) is 0 Å². The maximum absolute atomic E-state index is 13.0. The first kappa shape index (κ1) is 28.7. The molecular formula is C24H29N7O5S3. The zero-order chi connectivity index (χ0) is 28.3. The Labute approximate surface area is 237 Å². The highest BCUT2D eigenvalue weighted by Crippen LogP contribution is 2.40. The van der Waals surface area contributed by atoms with E-state index in [-0.39, 0.29) is 22.2 Å². The summed E-state index contributed by atoms with van der Waals surface area (Å²) >= 11 is 4.12. The minimum absolute atomic E-state index is 0.137. The molecule has 2 aliphatic rings. The fourth-order valence-electron chi connectivity index (χ4n) is 4.24. The molecule has 2 amide bonds. The molecule has 2 aromatic heterocycles. The van der Waals surface area contributed by atoms with Crippen LogP contribution in [0, 0.1) is 6.92 Å². The van der Waals surface area contributed by atoms with E-state index in [1.807, 2.05) is 18.5 Å². The third-order valence-electron chi connectivity index (χ3n) is 6.64. The van der Waals surface area contributed by atoms with Crippen LogP contribution in [-0.4, -0.2) is 87.3 Å². The molecule has 12 nitrogen and oxygen atoms in total. The summed E-state index contributed by atoms with van der Waals surface area (Å²) in [5, 5.41) is 19.7. The molecule has 3 N–H and O–H groups in total. The van der Waals surface area contributed by atoms with Crippen molar-refractivity contribution in [2.75, 3.05) is 38.7 Å². The van der Waals surface area contributed by atoms with Gasteiger partial charge in [-0.3, -0.25) is 14.5 Å². The number of fused-ring (bicyclic) bond motifs is 1. The van der Waals surface area contributed by atoms with Crippen LogP contribution < -0.4 is 16.2 Å². The van der Waals surface area contributed by atoms with Crippen molar-refractivity contribution < 1.29 is 28.8 Å². The standard InChI is InChI=1S/C24H29N7O5S3/c1-5-31(3,9-16-13(2)26-12-39-16)8-6-7-14-10-37-22-18(21(33)30(22)19(14)23(34)35)28-20(32)17(29-36-4)15-11-38-24(25)27-15/h6-7,11-12,18,22H,5,8-10H2,1-4H3,(H3-,25,27,28,32,34,35)/b7-6+,29-17-/t18-,22-,31?/m1/s1. The van der Waals surface area contributed by atoms with Gasteiger partial charge in [-0.25, -0.2) is 9.97 Å². The highest BCUT2D eigenvalue weighted by atomic mass is 32.2. The van der Waals surface area contributed by atoms with E-state index in [2.05, 4.69) is 34.4 Å². The minimum Gasteiger partial charge on any atom is -0.543 e. The number of carbonyl (C=O) groups excluding carboxylic acids is 3. The van der Waals surface area contributed by atoms with Crippen LogP contribution in [-0.2, 0) is 25.8 Å². The van der Waals surface area contributed by atoms with Crippen LogP contribution in [0.5, 0.6) is 0 Å². The number of thioether (sulfide) groups is 1. The van der Waals surface area contributed by atoms with Crippen molar-refractivity contribution in [1.82, 2.24) is 20.2 Å². The lowest BCUT2D eigenvalue weighted by molar-refractivity contribution is -0.915. The molecule has 0 saturated carbocycles. The molecule has 208 valence electrons. The number of aliphatic carboxylic acids is 1. The van der Waals surface area contributed by atoms with Gasteiger partial charge in [-0.15, -0.1) is 34.4 Å². The molecular weight excluding hydrogens is 563 g/mol. The summed E-state index contributed by atoms with van der Waals surface area (Å²) < 4.78 is 0.718. The molecule has 0 spiro atoms. The van der Waals surface area contributed by atoms with E-state index < -0.39 is 29.2 Å². The molecule has 0 bridgehead atoms. The number of nitrogen functional groups attached to an aromatic ring is 1. The summed E-state index contributed by atoms with van der Waals surface area (Å²) in [6.45, 7) is 6.46. The van der Waals surface area contributed by atoms with Crippen molar-refractivity contribution in [3.8, 4) is 0 Å². The normalized spacial score (nSPS) is 21.0. The van der Waals surface area contributed by atoms with Gasteiger partial charge in [0.1, 0.15) is 30.8 Å². The van der Waals surface area contributed by atoms with Crippen molar-refractivity contribution in [2.45, 2.75) is 31.8 Å². The van der Waals surface area contributed by atoms with Crippen molar-refractivity contribution in [3.63, 3.8) is 0 Å². The predicted molar refractivity (Wildman–Crippen MR) is 148 cm³/mol. The fourth-order valence-corrected chi connectivity index (χ4v) is 7.06. The van der Waals surface area contributed by atoms with Crippen molar-refractivity contribution in [3.05, 3.63) is 50.6 Å². The molecule has 2 aromatic rings. The monoisotopic (exact) mass is 591 g/mol. The van der Waals surface area contributed by atoms with Crippen molar-refractivity contribution in [1.29, 1.82) is 0 Å². The number of likely N-dealkylation sites (N-methyl/N-ethyl adjacent to an activating group) is 1. The van der Waals surface area contributed by atoms with Gasteiger partial charge in [-0.1, -0.05) is 11.2 Å². The lowest BCUT2D eigenvalue weighted by atomic mass is 10.0. The summed E-state index contributed by atoms with van der Waals surface area (Å²) in [7, 11) is 3.42. The number of hydrogen-bond acceptors (Lipinski definition) is 12. The molecule has 1 unspecified atom stereocenters. The fraction of sp³-hybridized carbons (Fsp3) is 0.417. The highest BCUT2D eigenvalue weighted by molar-refractivity contribution is 8.00. The number of allylic oxidation sites excluding steroid dienone is 1. The van der Waals surface area contributed by atoms with E-state index in [9.17, 15) is 19.5 Å². The van der Waals surface area contributed by atoms with Crippen molar-refractivity contribution in [2.24, 2.45) is 5.16 Å². The second-order valence-electron chi connectivity index (χ2n) is 9.26. The average molecular weight is 592 g/mol. The number of oxime groups is 1. The second-order valence-corrected chi connectivity index (χ2v) is 12.2. The number of aryl methyl sites for hydroxylation is 1. The van der Waals surface area contributed by atoms with Crippen LogP contribution in [0.1, 0.15) is 23.2 Å². The van der Waals surface area contributed by atoms with Gasteiger partial charge in [0.15, 0.2) is 10.8 Å². The molecule has 0 aromatic carbocycles. The van der Waals surface area contributed by atoms with Crippen LogP contribution in [0.25, 0.3) is 0 Å². The molecule has 4 heterocycles. The first-order valence-corrected chi connectivity index (χ1v) is 14.8. The number of aromatic nitrogens is 2. The Kier molecular flexibility index (Phi) is 8.73. The molecule has 0 aliphatic carbocycles. The molecule has 1 saturated heterocycles. The Morgan fingerprint density at radius 2 is 2.18 bits per heavy atom. The Morgan fingerprint density at radius 3 is 2.77 bits per heavy atom. The summed E-state index contributed by atoms with van der Waals surface area (Å²) in [6, 6.07) is -0.942. The van der Waals surface area contributed by atoms with Gasteiger partial charge in [0, 0.05) is 11.1 Å². The van der Waals surface area contributed by atoms with Crippen LogP contribution in [0.3, 0.4) is 0 Å². The number of thiazole rings is 2. The highest BCUT2D eigenvalue weighted by Gasteiger charge is 2.53. The third-order valence-corrected chi connectivity index (χ3v) is 9.53. The largest absolute Gasteiger partial charge is 0.543 e. The first-order valence-electron chi connectivity index (χ1n) is 12.0. The molecule has 2 aliphatic heterocycles. The van der Waals surface area contributed by atoms with Gasteiger partial charge in [-0.05, 0) is 25.5 Å². The number of carbonyl (C=O) groups is 3. The SMILES string of the molecule is CC[N+](C)(C/C=C/C1=C(C(=O)[O-])N2C(=O)[C@@H](NC(=O)/C(=N\OC)c3csc(N)n3)[C@H]2SC1)Cc1scnc1C. The molecule has 4 rings (SSSR count). The number of anilines is 1. The number of nitrogens with two attached hydrogens (primary N) is 1. The zero-order valence-corrected chi connectivity index (χ0v) is 24.3. The Bertz CT molecular complexity index is 1370.